The fourth-order valence-corrected chi connectivity index (χ4v) is 3.89. The van der Waals surface area contributed by atoms with E-state index in [9.17, 15) is 5.26 Å². The summed E-state index contributed by atoms with van der Waals surface area (Å²) in [5.74, 6) is 0. The van der Waals surface area contributed by atoms with E-state index >= 15 is 0 Å². The molecule has 3 aromatic carbocycles. The number of ether oxygens (including phenoxy) is 2. The molecule has 4 nitrogen and oxygen atoms in total. The zero-order valence-corrected chi connectivity index (χ0v) is 16.9. The molecule has 1 heterocycles. The highest BCUT2D eigenvalue weighted by Crippen LogP contribution is 2.27. The summed E-state index contributed by atoms with van der Waals surface area (Å²) in [6.07, 6.45) is -0.468. The first-order valence-corrected chi connectivity index (χ1v) is 10.3. The number of benzene rings is 3. The molecule has 30 heavy (non-hydrogen) atoms. The van der Waals surface area contributed by atoms with E-state index in [0.29, 0.717) is 26.3 Å². The summed E-state index contributed by atoms with van der Waals surface area (Å²) >= 11 is 0. The van der Waals surface area contributed by atoms with Gasteiger partial charge in [0.15, 0.2) is 0 Å². The van der Waals surface area contributed by atoms with E-state index in [0.717, 1.165) is 11.1 Å². The minimum absolute atomic E-state index is 0.165. The molecule has 152 valence electrons. The van der Waals surface area contributed by atoms with Crippen LogP contribution in [0.5, 0.6) is 0 Å². The zero-order valence-electron chi connectivity index (χ0n) is 16.9. The lowest BCUT2D eigenvalue weighted by Gasteiger charge is -2.23. The van der Waals surface area contributed by atoms with Crippen molar-refractivity contribution < 1.29 is 9.47 Å². The highest BCUT2D eigenvalue weighted by atomic mass is 16.5. The van der Waals surface area contributed by atoms with E-state index in [2.05, 4.69) is 35.2 Å². The molecule has 1 fully saturated rings. The first kappa shape index (κ1) is 20.3. The monoisotopic (exact) mass is 398 g/mol. The van der Waals surface area contributed by atoms with Gasteiger partial charge in [0.25, 0.3) is 0 Å². The van der Waals surface area contributed by atoms with Crippen molar-refractivity contribution in [1.82, 2.24) is 4.90 Å². The Morgan fingerprint density at radius 1 is 0.733 bits per heavy atom. The number of hydrogen-bond acceptors (Lipinski definition) is 4. The largest absolute Gasteiger partial charge is 0.369 e. The molecule has 3 atom stereocenters. The quantitative estimate of drug-likeness (QED) is 0.558. The van der Waals surface area contributed by atoms with Gasteiger partial charge in [-0.05, 0) is 16.7 Å². The van der Waals surface area contributed by atoms with E-state index in [1.54, 1.807) is 0 Å². The van der Waals surface area contributed by atoms with E-state index in [4.69, 9.17) is 9.47 Å². The molecule has 3 aromatic rings. The third kappa shape index (κ3) is 5.14. The van der Waals surface area contributed by atoms with Crippen LogP contribution < -0.4 is 0 Å². The van der Waals surface area contributed by atoms with Crippen molar-refractivity contribution in [3.63, 3.8) is 0 Å². The second kappa shape index (κ2) is 10.2. The maximum absolute atomic E-state index is 9.96. The summed E-state index contributed by atoms with van der Waals surface area (Å²) in [5.41, 5.74) is 3.40. The van der Waals surface area contributed by atoms with Crippen LogP contribution in [-0.4, -0.2) is 29.7 Å². The molecule has 0 radical (unpaired) electrons. The summed E-state index contributed by atoms with van der Waals surface area (Å²) in [6, 6.07) is 32.6. The first-order valence-electron chi connectivity index (χ1n) is 10.3. The Bertz CT molecular complexity index is 941. The topological polar surface area (TPSA) is 45.5 Å². The van der Waals surface area contributed by atoms with Crippen LogP contribution in [0.15, 0.2) is 91.0 Å². The summed E-state index contributed by atoms with van der Waals surface area (Å²) in [4.78, 5) is 2.17. The molecule has 1 aliphatic heterocycles. The van der Waals surface area contributed by atoms with Gasteiger partial charge < -0.3 is 9.47 Å². The van der Waals surface area contributed by atoms with Crippen molar-refractivity contribution in [2.45, 2.75) is 38.0 Å². The molecule has 0 N–H and O–H groups in total. The second-order valence-corrected chi connectivity index (χ2v) is 7.59. The fourth-order valence-electron chi connectivity index (χ4n) is 3.89. The lowest BCUT2D eigenvalue weighted by molar-refractivity contribution is -0.0653. The maximum atomic E-state index is 9.96. The van der Waals surface area contributed by atoms with Crippen LogP contribution >= 0.6 is 0 Å². The van der Waals surface area contributed by atoms with Crippen molar-refractivity contribution in [1.29, 1.82) is 5.26 Å². The van der Waals surface area contributed by atoms with Crippen LogP contribution in [0.2, 0.25) is 0 Å². The Morgan fingerprint density at radius 2 is 1.23 bits per heavy atom. The third-order valence-electron chi connectivity index (χ3n) is 5.44. The van der Waals surface area contributed by atoms with E-state index in [1.165, 1.54) is 5.56 Å². The Morgan fingerprint density at radius 3 is 1.77 bits per heavy atom. The van der Waals surface area contributed by atoms with Crippen molar-refractivity contribution in [3.05, 3.63) is 108 Å². The van der Waals surface area contributed by atoms with Gasteiger partial charge in [0.05, 0.1) is 25.4 Å². The molecule has 4 heteroatoms. The van der Waals surface area contributed by atoms with Crippen LogP contribution in [0.4, 0.5) is 0 Å². The molecule has 0 bridgehead atoms. The molecule has 0 aromatic heterocycles. The summed E-state index contributed by atoms with van der Waals surface area (Å²) in [5, 5.41) is 9.96. The standard InChI is InChI=1S/C26H26N2O2/c27-16-24-26(30-20-23-14-8-3-9-15-23)25(29-19-22-12-6-2-7-13-22)18-28(24)17-21-10-4-1-5-11-21/h1-15,24-26H,17-20H2/t24-,25+,26+/m0/s1. The van der Waals surface area contributed by atoms with Gasteiger partial charge in [-0.25, -0.2) is 0 Å². The van der Waals surface area contributed by atoms with E-state index in [-0.39, 0.29) is 18.2 Å². The molecule has 1 saturated heterocycles. The van der Waals surface area contributed by atoms with Gasteiger partial charge in [0, 0.05) is 13.1 Å². The minimum Gasteiger partial charge on any atom is -0.369 e. The van der Waals surface area contributed by atoms with Gasteiger partial charge in [0.2, 0.25) is 0 Å². The van der Waals surface area contributed by atoms with Crippen LogP contribution in [0.25, 0.3) is 0 Å². The number of likely N-dealkylation sites (tertiary alicyclic amines) is 1. The van der Waals surface area contributed by atoms with Crippen molar-refractivity contribution in [3.8, 4) is 6.07 Å². The van der Waals surface area contributed by atoms with Crippen LogP contribution in [-0.2, 0) is 29.2 Å². The second-order valence-electron chi connectivity index (χ2n) is 7.59. The normalized spacial score (nSPS) is 21.4. The molecule has 4 rings (SSSR count). The average molecular weight is 399 g/mol. The summed E-state index contributed by atoms with van der Waals surface area (Å²) in [7, 11) is 0. The van der Waals surface area contributed by atoms with Crippen LogP contribution in [0.1, 0.15) is 16.7 Å². The third-order valence-corrected chi connectivity index (χ3v) is 5.44. The number of nitrogens with zero attached hydrogens (tertiary/aromatic N) is 2. The van der Waals surface area contributed by atoms with Crippen molar-refractivity contribution >= 4 is 0 Å². The van der Waals surface area contributed by atoms with Gasteiger partial charge in [-0.2, -0.15) is 5.26 Å². The molecular weight excluding hydrogens is 372 g/mol. The lowest BCUT2D eigenvalue weighted by Crippen LogP contribution is -2.37. The Balaban J connectivity index is 1.48. The molecule has 1 aliphatic rings. The molecule has 0 spiro atoms. The highest BCUT2D eigenvalue weighted by Gasteiger charge is 2.43. The predicted molar refractivity (Wildman–Crippen MR) is 116 cm³/mol. The molecule has 0 saturated carbocycles. The van der Waals surface area contributed by atoms with Crippen LogP contribution in [0, 0.1) is 11.3 Å². The Hall–Kier alpha value is -2.97. The van der Waals surface area contributed by atoms with Gasteiger partial charge in [-0.15, -0.1) is 0 Å². The SMILES string of the molecule is N#C[C@H]1[C@@H](OCc2ccccc2)[C@H](OCc2ccccc2)CN1Cc1ccccc1. The molecule has 0 aliphatic carbocycles. The number of hydrogen-bond donors (Lipinski definition) is 0. The van der Waals surface area contributed by atoms with Gasteiger partial charge >= 0.3 is 0 Å². The smallest absolute Gasteiger partial charge is 0.127 e. The summed E-state index contributed by atoms with van der Waals surface area (Å²) in [6.45, 7) is 2.34. The van der Waals surface area contributed by atoms with Gasteiger partial charge in [-0.3, -0.25) is 4.90 Å². The zero-order chi connectivity index (χ0) is 20.6. The number of rotatable bonds is 8. The van der Waals surface area contributed by atoms with Gasteiger partial charge in [-0.1, -0.05) is 91.0 Å². The van der Waals surface area contributed by atoms with Gasteiger partial charge in [0.1, 0.15) is 12.1 Å². The van der Waals surface area contributed by atoms with E-state index < -0.39 is 0 Å². The predicted octanol–water partition coefficient (Wildman–Crippen LogP) is 4.57. The fraction of sp³-hybridized carbons (Fsp3) is 0.269. The lowest BCUT2D eigenvalue weighted by atomic mass is 10.1. The highest BCUT2D eigenvalue weighted by molar-refractivity contribution is 5.18. The van der Waals surface area contributed by atoms with E-state index in [1.807, 2.05) is 66.7 Å². The van der Waals surface area contributed by atoms with Crippen molar-refractivity contribution in [2.24, 2.45) is 0 Å². The average Bonchev–Trinajstić information content (AvgIpc) is 3.14. The molecular formula is C26H26N2O2. The van der Waals surface area contributed by atoms with Crippen molar-refractivity contribution in [2.75, 3.05) is 6.54 Å². The Kier molecular flexibility index (Phi) is 6.89. The van der Waals surface area contributed by atoms with Crippen LogP contribution in [0.3, 0.4) is 0 Å². The first-order chi connectivity index (χ1) is 14.8. The molecule has 0 amide bonds. The minimum atomic E-state index is -0.352. The Labute approximate surface area is 178 Å². The molecule has 0 unspecified atom stereocenters. The summed E-state index contributed by atoms with van der Waals surface area (Å²) < 4.78 is 12.5. The number of nitriles is 1. The maximum Gasteiger partial charge on any atom is 0.127 e.